The maximum Gasteiger partial charge on any atom is 0.154 e. The average molecular weight is 240 g/mol. The van der Waals surface area contributed by atoms with E-state index in [0.29, 0.717) is 13.1 Å². The van der Waals surface area contributed by atoms with Gasteiger partial charge in [-0.05, 0) is 12.1 Å². The minimum Gasteiger partial charge on any atom is -0.365 e. The van der Waals surface area contributed by atoms with Gasteiger partial charge in [0.05, 0.1) is 17.5 Å². The first kappa shape index (κ1) is 11.4. The van der Waals surface area contributed by atoms with Crippen LogP contribution in [0, 0.1) is 0 Å². The second-order valence-electron chi connectivity index (χ2n) is 4.03. The van der Waals surface area contributed by atoms with Gasteiger partial charge in [0.1, 0.15) is 0 Å². The first-order valence-corrected chi connectivity index (χ1v) is 7.17. The van der Waals surface area contributed by atoms with Gasteiger partial charge < -0.3 is 10.6 Å². The van der Waals surface area contributed by atoms with Gasteiger partial charge in [-0.2, -0.15) is 0 Å². The molecule has 1 aliphatic heterocycles. The predicted octanol–water partition coefficient (Wildman–Crippen LogP) is 0.249. The fourth-order valence-corrected chi connectivity index (χ4v) is 3.58. The molecule has 1 aliphatic rings. The molecule has 1 atom stereocenters. The van der Waals surface area contributed by atoms with E-state index < -0.39 is 9.84 Å². The third kappa shape index (κ3) is 2.36. The molecule has 0 amide bonds. The van der Waals surface area contributed by atoms with Crippen LogP contribution in [0.2, 0.25) is 0 Å². The highest BCUT2D eigenvalue weighted by Gasteiger charge is 2.30. The molecule has 0 aromatic heterocycles. The molecule has 1 saturated heterocycles. The Morgan fingerprint density at radius 3 is 2.62 bits per heavy atom. The van der Waals surface area contributed by atoms with Crippen LogP contribution in [0.1, 0.15) is 0 Å². The summed E-state index contributed by atoms with van der Waals surface area (Å²) < 4.78 is 23.0. The highest BCUT2D eigenvalue weighted by atomic mass is 32.2. The highest BCUT2D eigenvalue weighted by Crippen LogP contribution is 2.20. The first-order valence-electron chi connectivity index (χ1n) is 5.34. The lowest BCUT2D eigenvalue weighted by atomic mass is 10.2. The average Bonchev–Trinajstić information content (AvgIpc) is 2.29. The molecule has 1 aromatic rings. The Morgan fingerprint density at radius 2 is 2.00 bits per heavy atom. The van der Waals surface area contributed by atoms with Gasteiger partial charge in [-0.3, -0.25) is 0 Å². The third-order valence-electron chi connectivity index (χ3n) is 2.89. The van der Waals surface area contributed by atoms with Crippen LogP contribution >= 0.6 is 0 Å². The SMILES string of the molecule is NCC1CS(=O)(=O)CCN1c1ccccc1. The minimum atomic E-state index is -2.91. The zero-order valence-corrected chi connectivity index (χ0v) is 9.86. The molecule has 5 heteroatoms. The lowest BCUT2D eigenvalue weighted by Gasteiger charge is -2.36. The van der Waals surface area contributed by atoms with Crippen LogP contribution in [0.25, 0.3) is 0 Å². The fraction of sp³-hybridized carbons (Fsp3) is 0.455. The number of nitrogens with two attached hydrogens (primary N) is 1. The van der Waals surface area contributed by atoms with Gasteiger partial charge in [0.15, 0.2) is 9.84 Å². The molecular formula is C11H16N2O2S. The van der Waals surface area contributed by atoms with Crippen LogP contribution in [0.15, 0.2) is 30.3 Å². The standard InChI is InChI=1S/C11H16N2O2S/c12-8-11-9-16(14,15)7-6-13(11)10-4-2-1-3-5-10/h1-5,11H,6-9,12H2. The van der Waals surface area contributed by atoms with E-state index in [4.69, 9.17) is 5.73 Å². The number of sulfone groups is 1. The van der Waals surface area contributed by atoms with Crippen LogP contribution in [-0.2, 0) is 9.84 Å². The van der Waals surface area contributed by atoms with Gasteiger partial charge in [-0.15, -0.1) is 0 Å². The topological polar surface area (TPSA) is 63.4 Å². The summed E-state index contributed by atoms with van der Waals surface area (Å²) in [6.45, 7) is 0.905. The molecule has 1 fully saturated rings. The molecule has 0 saturated carbocycles. The van der Waals surface area contributed by atoms with E-state index in [-0.39, 0.29) is 17.5 Å². The van der Waals surface area contributed by atoms with Crippen molar-refractivity contribution in [2.75, 3.05) is 29.5 Å². The van der Waals surface area contributed by atoms with Crippen molar-refractivity contribution in [1.29, 1.82) is 0 Å². The molecule has 1 aromatic carbocycles. The molecule has 2 N–H and O–H groups in total. The van der Waals surface area contributed by atoms with Crippen LogP contribution in [0.3, 0.4) is 0 Å². The largest absolute Gasteiger partial charge is 0.365 e. The van der Waals surface area contributed by atoms with Crippen LogP contribution in [-0.4, -0.2) is 39.1 Å². The molecule has 0 spiro atoms. The molecule has 1 unspecified atom stereocenters. The zero-order chi connectivity index (χ0) is 11.6. The molecule has 2 rings (SSSR count). The molecule has 88 valence electrons. The van der Waals surface area contributed by atoms with Gasteiger partial charge in [0, 0.05) is 18.8 Å². The lowest BCUT2D eigenvalue weighted by Crippen LogP contribution is -2.52. The van der Waals surface area contributed by atoms with Crippen molar-refractivity contribution in [3.63, 3.8) is 0 Å². The van der Waals surface area contributed by atoms with Gasteiger partial charge >= 0.3 is 0 Å². The van der Waals surface area contributed by atoms with Crippen LogP contribution in [0.4, 0.5) is 5.69 Å². The Labute approximate surface area is 96.0 Å². The second kappa shape index (κ2) is 4.43. The summed E-state index contributed by atoms with van der Waals surface area (Å²) in [4.78, 5) is 2.08. The van der Waals surface area contributed by atoms with Crippen LogP contribution < -0.4 is 10.6 Å². The number of benzene rings is 1. The van der Waals surface area contributed by atoms with E-state index in [2.05, 4.69) is 4.90 Å². The van der Waals surface area contributed by atoms with Crippen molar-refractivity contribution < 1.29 is 8.42 Å². The molecule has 0 radical (unpaired) electrons. The maximum atomic E-state index is 11.5. The van der Waals surface area contributed by atoms with Crippen molar-refractivity contribution in [1.82, 2.24) is 0 Å². The van der Waals surface area contributed by atoms with Gasteiger partial charge in [0.25, 0.3) is 0 Å². The zero-order valence-electron chi connectivity index (χ0n) is 9.04. The molecular weight excluding hydrogens is 224 g/mol. The minimum absolute atomic E-state index is 0.0962. The summed E-state index contributed by atoms with van der Waals surface area (Å²) in [5, 5.41) is 0. The van der Waals surface area contributed by atoms with Gasteiger partial charge in [-0.1, -0.05) is 18.2 Å². The van der Waals surface area contributed by atoms with Gasteiger partial charge in [0.2, 0.25) is 0 Å². The summed E-state index contributed by atoms with van der Waals surface area (Å²) in [6, 6.07) is 9.72. The van der Waals surface area contributed by atoms with Crippen molar-refractivity contribution in [2.45, 2.75) is 6.04 Å². The Balaban J connectivity index is 2.23. The molecule has 1 heterocycles. The number of rotatable bonds is 2. The number of nitrogens with zero attached hydrogens (tertiary/aromatic N) is 1. The van der Waals surface area contributed by atoms with Crippen molar-refractivity contribution in [2.24, 2.45) is 5.73 Å². The fourth-order valence-electron chi connectivity index (χ4n) is 2.04. The normalized spacial score (nSPS) is 24.3. The Kier molecular flexibility index (Phi) is 3.16. The quantitative estimate of drug-likeness (QED) is 0.805. The van der Waals surface area contributed by atoms with Crippen molar-refractivity contribution in [3.05, 3.63) is 30.3 Å². The summed E-state index contributed by atoms with van der Waals surface area (Å²) in [6.07, 6.45) is 0. The first-order chi connectivity index (χ1) is 7.62. The van der Waals surface area contributed by atoms with E-state index in [1.165, 1.54) is 0 Å². The second-order valence-corrected chi connectivity index (χ2v) is 6.26. The third-order valence-corrected chi connectivity index (χ3v) is 4.59. The summed E-state index contributed by atoms with van der Waals surface area (Å²) in [7, 11) is -2.91. The maximum absolute atomic E-state index is 11.5. The van der Waals surface area contributed by atoms with E-state index >= 15 is 0 Å². The number of hydrogen-bond donors (Lipinski definition) is 1. The Morgan fingerprint density at radius 1 is 1.31 bits per heavy atom. The Hall–Kier alpha value is -1.07. The van der Waals surface area contributed by atoms with Gasteiger partial charge in [-0.25, -0.2) is 8.42 Å². The summed E-state index contributed by atoms with van der Waals surface area (Å²) in [5.74, 6) is 0.386. The molecule has 0 aliphatic carbocycles. The lowest BCUT2D eigenvalue weighted by molar-refractivity contribution is 0.559. The van der Waals surface area contributed by atoms with E-state index in [0.717, 1.165) is 5.69 Å². The number of para-hydroxylation sites is 1. The monoisotopic (exact) mass is 240 g/mol. The number of anilines is 1. The highest BCUT2D eigenvalue weighted by molar-refractivity contribution is 7.91. The smallest absolute Gasteiger partial charge is 0.154 e. The van der Waals surface area contributed by atoms with E-state index in [1.54, 1.807) is 0 Å². The Bertz CT molecular complexity index is 444. The molecule has 0 bridgehead atoms. The van der Waals surface area contributed by atoms with E-state index in [9.17, 15) is 8.42 Å². The molecule has 4 nitrogen and oxygen atoms in total. The van der Waals surface area contributed by atoms with E-state index in [1.807, 2.05) is 30.3 Å². The summed E-state index contributed by atoms with van der Waals surface area (Å²) in [5.41, 5.74) is 6.69. The van der Waals surface area contributed by atoms with Crippen LogP contribution in [0.5, 0.6) is 0 Å². The summed E-state index contributed by atoms with van der Waals surface area (Å²) >= 11 is 0. The number of hydrogen-bond acceptors (Lipinski definition) is 4. The molecule has 16 heavy (non-hydrogen) atoms. The van der Waals surface area contributed by atoms with Crippen molar-refractivity contribution in [3.8, 4) is 0 Å². The van der Waals surface area contributed by atoms with Crippen molar-refractivity contribution >= 4 is 15.5 Å². The predicted molar refractivity (Wildman–Crippen MR) is 65.3 cm³/mol.